The average Bonchev–Trinajstić information content (AvgIpc) is 2.33. The van der Waals surface area contributed by atoms with E-state index in [0.717, 1.165) is 0 Å². The molecule has 9 heteroatoms. The second kappa shape index (κ2) is 10.2. The third kappa shape index (κ3) is 8.95. The minimum Gasteiger partial charge on any atom is -0.464 e. The summed E-state index contributed by atoms with van der Waals surface area (Å²) in [5, 5.41) is 2.36. The Morgan fingerprint density at radius 1 is 1.37 bits per heavy atom. The van der Waals surface area contributed by atoms with Crippen LogP contribution in [0.1, 0.15) is 19.8 Å². The van der Waals surface area contributed by atoms with Gasteiger partial charge in [0.05, 0.1) is 6.61 Å². The van der Waals surface area contributed by atoms with Crippen LogP contribution in [-0.4, -0.2) is 43.3 Å². The lowest BCUT2D eigenvalue weighted by molar-refractivity contribution is -0.145. The van der Waals surface area contributed by atoms with Gasteiger partial charge in [-0.05, 0) is 19.8 Å². The highest BCUT2D eigenvalue weighted by Crippen LogP contribution is 2.02. The van der Waals surface area contributed by atoms with Gasteiger partial charge in [0.15, 0.2) is 12.0 Å². The summed E-state index contributed by atoms with van der Waals surface area (Å²) >= 11 is 5.24. The van der Waals surface area contributed by atoms with Gasteiger partial charge in [0.25, 0.3) is 0 Å². The molecule has 0 aromatic rings. The molecule has 110 valence electrons. The summed E-state index contributed by atoms with van der Waals surface area (Å²) < 4.78 is 9.32. The standard InChI is InChI=1S/C10H19ClN4O4/c1-2-18-8(16)7(15-10(17)19-6-11)4-3-5-14-9(12)13/h7H,2-6H2,1H3,(H,15,17)(H4,12,13,14). The number of hydrogen-bond donors (Lipinski definition) is 3. The van der Waals surface area contributed by atoms with Crippen molar-refractivity contribution in [2.75, 3.05) is 19.2 Å². The van der Waals surface area contributed by atoms with Gasteiger partial charge >= 0.3 is 12.1 Å². The van der Waals surface area contributed by atoms with Gasteiger partial charge in [-0.25, -0.2) is 9.59 Å². The van der Waals surface area contributed by atoms with Gasteiger partial charge in [-0.1, -0.05) is 11.6 Å². The van der Waals surface area contributed by atoms with Crippen LogP contribution in [0.4, 0.5) is 4.79 Å². The van der Waals surface area contributed by atoms with Gasteiger partial charge in [-0.3, -0.25) is 4.99 Å². The molecule has 5 N–H and O–H groups in total. The fourth-order valence-electron chi connectivity index (χ4n) is 1.23. The monoisotopic (exact) mass is 294 g/mol. The molecule has 8 nitrogen and oxygen atoms in total. The zero-order chi connectivity index (χ0) is 14.7. The molecule has 1 amide bonds. The highest BCUT2D eigenvalue weighted by molar-refractivity contribution is 6.17. The number of rotatable bonds is 8. The van der Waals surface area contributed by atoms with Crippen LogP contribution in [-0.2, 0) is 14.3 Å². The Morgan fingerprint density at radius 2 is 2.05 bits per heavy atom. The van der Waals surface area contributed by atoms with E-state index in [9.17, 15) is 9.59 Å². The largest absolute Gasteiger partial charge is 0.464 e. The minimum atomic E-state index is -0.815. The number of amides is 1. The van der Waals surface area contributed by atoms with E-state index in [4.69, 9.17) is 27.8 Å². The molecule has 0 heterocycles. The number of alkyl halides is 1. The molecule has 0 rings (SSSR count). The molecule has 0 bridgehead atoms. The maximum absolute atomic E-state index is 11.6. The van der Waals surface area contributed by atoms with Crippen LogP contribution in [0.2, 0.25) is 0 Å². The first-order chi connectivity index (χ1) is 9.01. The van der Waals surface area contributed by atoms with Crippen LogP contribution < -0.4 is 16.8 Å². The molecule has 0 fully saturated rings. The van der Waals surface area contributed by atoms with Crippen LogP contribution in [0.3, 0.4) is 0 Å². The summed E-state index contributed by atoms with van der Waals surface area (Å²) in [6.07, 6.45) is 0.0464. The zero-order valence-electron chi connectivity index (χ0n) is 10.7. The van der Waals surface area contributed by atoms with Gasteiger partial charge in [0.2, 0.25) is 0 Å². The Balaban J connectivity index is 4.29. The average molecular weight is 295 g/mol. The highest BCUT2D eigenvalue weighted by atomic mass is 35.5. The SMILES string of the molecule is CCOC(=O)C(CCCN=C(N)N)NC(=O)OCCl. The van der Waals surface area contributed by atoms with E-state index < -0.39 is 18.1 Å². The van der Waals surface area contributed by atoms with Crippen LogP contribution in [0.25, 0.3) is 0 Å². The van der Waals surface area contributed by atoms with E-state index in [1.807, 2.05) is 0 Å². The van der Waals surface area contributed by atoms with Crippen molar-refractivity contribution in [1.82, 2.24) is 5.32 Å². The number of nitrogens with one attached hydrogen (secondary N) is 1. The Hall–Kier alpha value is -1.70. The smallest absolute Gasteiger partial charge is 0.409 e. The number of nitrogens with two attached hydrogens (primary N) is 2. The van der Waals surface area contributed by atoms with Crippen molar-refractivity contribution in [3.8, 4) is 0 Å². The quantitative estimate of drug-likeness (QED) is 0.188. The highest BCUT2D eigenvalue weighted by Gasteiger charge is 2.22. The summed E-state index contributed by atoms with van der Waals surface area (Å²) in [7, 11) is 0. The Morgan fingerprint density at radius 3 is 2.58 bits per heavy atom. The van der Waals surface area contributed by atoms with Crippen molar-refractivity contribution >= 4 is 29.6 Å². The molecular weight excluding hydrogens is 276 g/mol. The van der Waals surface area contributed by atoms with Gasteiger partial charge in [0.1, 0.15) is 6.04 Å². The van der Waals surface area contributed by atoms with Crippen molar-refractivity contribution in [2.45, 2.75) is 25.8 Å². The predicted octanol–water partition coefficient (Wildman–Crippen LogP) is -0.106. The summed E-state index contributed by atoms with van der Waals surface area (Å²) in [5.74, 6) is -0.569. The summed E-state index contributed by atoms with van der Waals surface area (Å²) in [4.78, 5) is 26.6. The molecule has 0 spiro atoms. The number of carbonyl (C=O) groups excluding carboxylic acids is 2. The van der Waals surface area contributed by atoms with E-state index in [0.29, 0.717) is 19.4 Å². The second-order valence-corrected chi connectivity index (χ2v) is 3.66. The number of hydrogen-bond acceptors (Lipinski definition) is 5. The lowest BCUT2D eigenvalue weighted by atomic mass is 10.1. The third-order valence-corrected chi connectivity index (χ3v) is 2.10. The number of carbonyl (C=O) groups is 2. The van der Waals surface area contributed by atoms with E-state index in [-0.39, 0.29) is 18.6 Å². The molecule has 0 aromatic heterocycles. The Bertz CT molecular complexity index is 321. The number of esters is 1. The van der Waals surface area contributed by atoms with E-state index >= 15 is 0 Å². The van der Waals surface area contributed by atoms with Crippen LogP contribution in [0.15, 0.2) is 4.99 Å². The van der Waals surface area contributed by atoms with Crippen molar-refractivity contribution < 1.29 is 19.1 Å². The van der Waals surface area contributed by atoms with Crippen LogP contribution >= 0.6 is 11.6 Å². The number of nitrogens with zero attached hydrogens (tertiary/aromatic N) is 1. The first-order valence-corrected chi connectivity index (χ1v) is 6.26. The molecular formula is C10H19ClN4O4. The van der Waals surface area contributed by atoms with Crippen molar-refractivity contribution in [3.63, 3.8) is 0 Å². The lowest BCUT2D eigenvalue weighted by Gasteiger charge is -2.16. The van der Waals surface area contributed by atoms with E-state index in [1.165, 1.54) is 0 Å². The summed E-state index contributed by atoms with van der Waals surface area (Å²) in [6.45, 7) is 2.24. The molecule has 0 saturated carbocycles. The first-order valence-electron chi connectivity index (χ1n) is 5.72. The Labute approximate surface area is 116 Å². The molecule has 0 aliphatic heterocycles. The van der Waals surface area contributed by atoms with Crippen molar-refractivity contribution in [3.05, 3.63) is 0 Å². The molecule has 0 saturated heterocycles. The summed E-state index contributed by atoms with van der Waals surface area (Å²) in [6, 6.07) is -1.11. The van der Waals surface area contributed by atoms with E-state index in [2.05, 4.69) is 15.0 Å². The van der Waals surface area contributed by atoms with Crippen molar-refractivity contribution in [2.24, 2.45) is 16.5 Å². The van der Waals surface area contributed by atoms with Gasteiger partial charge in [-0.15, -0.1) is 0 Å². The number of guanidine groups is 1. The normalized spacial score (nSPS) is 11.3. The number of ether oxygens (including phenoxy) is 2. The summed E-state index contributed by atoms with van der Waals surface area (Å²) in [5.41, 5.74) is 10.3. The molecule has 0 radical (unpaired) electrons. The number of aliphatic imine (C=N–C) groups is 1. The fourth-order valence-corrected chi connectivity index (χ4v) is 1.33. The minimum absolute atomic E-state index is 0.0257. The van der Waals surface area contributed by atoms with Crippen LogP contribution in [0.5, 0.6) is 0 Å². The van der Waals surface area contributed by atoms with Gasteiger partial charge < -0.3 is 26.3 Å². The van der Waals surface area contributed by atoms with Gasteiger partial charge in [0, 0.05) is 6.54 Å². The molecule has 0 aliphatic carbocycles. The molecule has 1 atom stereocenters. The maximum atomic E-state index is 11.6. The van der Waals surface area contributed by atoms with E-state index in [1.54, 1.807) is 6.92 Å². The third-order valence-electron chi connectivity index (χ3n) is 1.99. The van der Waals surface area contributed by atoms with Crippen molar-refractivity contribution in [1.29, 1.82) is 0 Å². The van der Waals surface area contributed by atoms with Crippen LogP contribution in [0, 0.1) is 0 Å². The molecule has 19 heavy (non-hydrogen) atoms. The lowest BCUT2D eigenvalue weighted by Crippen LogP contribution is -2.42. The predicted molar refractivity (Wildman–Crippen MR) is 70.7 cm³/mol. The molecule has 0 aliphatic rings. The fraction of sp³-hybridized carbons (Fsp3) is 0.700. The zero-order valence-corrected chi connectivity index (χ0v) is 11.5. The first kappa shape index (κ1) is 17.3. The Kier molecular flexibility index (Phi) is 9.33. The maximum Gasteiger partial charge on any atom is 0.409 e. The topological polar surface area (TPSA) is 129 Å². The number of halogens is 1. The van der Waals surface area contributed by atoms with Gasteiger partial charge in [-0.2, -0.15) is 0 Å². The molecule has 1 unspecified atom stereocenters. The molecule has 0 aromatic carbocycles. The number of alkyl carbamates (subject to hydrolysis) is 1. The second-order valence-electron chi connectivity index (χ2n) is 3.44.